The number of likely N-dealkylation sites (N-methyl/N-ethyl adjacent to an activating group) is 1. The molecule has 3 nitrogen and oxygen atoms in total. The first-order chi connectivity index (χ1) is 7.99. The molecule has 2 N–H and O–H groups in total. The smallest absolute Gasteiger partial charge is 0.144 e. The van der Waals surface area contributed by atoms with E-state index in [9.17, 15) is 4.39 Å². The number of nitrogens with zero attached hydrogens (tertiary/aromatic N) is 2. The highest BCUT2D eigenvalue weighted by atomic mass is 35.5. The minimum Gasteiger partial charge on any atom is -0.397 e. The fraction of sp³-hybridized carbons (Fsp3) is 0.500. The van der Waals surface area contributed by atoms with Gasteiger partial charge >= 0.3 is 0 Å². The number of rotatable bonds is 2. The van der Waals surface area contributed by atoms with Gasteiger partial charge in [-0.3, -0.25) is 0 Å². The first kappa shape index (κ1) is 12.5. The van der Waals surface area contributed by atoms with E-state index in [4.69, 9.17) is 17.3 Å². The molecular weight excluding hydrogens is 241 g/mol. The zero-order valence-electron chi connectivity index (χ0n) is 10.1. The van der Waals surface area contributed by atoms with Gasteiger partial charge in [0.2, 0.25) is 0 Å². The van der Waals surface area contributed by atoms with Crippen LogP contribution in [-0.2, 0) is 0 Å². The van der Waals surface area contributed by atoms with Gasteiger partial charge in [0.25, 0.3) is 0 Å². The molecule has 1 aromatic carbocycles. The zero-order valence-corrected chi connectivity index (χ0v) is 10.8. The highest BCUT2D eigenvalue weighted by Gasteiger charge is 2.25. The van der Waals surface area contributed by atoms with E-state index in [2.05, 4.69) is 23.9 Å². The number of hydrogen-bond donors (Lipinski definition) is 1. The molecule has 0 radical (unpaired) electrons. The maximum atomic E-state index is 13.4. The highest BCUT2D eigenvalue weighted by molar-refractivity contribution is 6.31. The number of hydrogen-bond acceptors (Lipinski definition) is 3. The monoisotopic (exact) mass is 257 g/mol. The number of halogens is 2. The SMILES string of the molecule is CN(C)C1CCN(c2cc(F)c(Cl)cc2N)C1. The van der Waals surface area contributed by atoms with Crippen LogP contribution < -0.4 is 10.6 Å². The third-order valence-corrected chi connectivity index (χ3v) is 3.59. The Hall–Kier alpha value is -1.00. The minimum absolute atomic E-state index is 0.0783. The molecule has 1 aromatic rings. The van der Waals surface area contributed by atoms with E-state index in [-0.39, 0.29) is 5.02 Å². The van der Waals surface area contributed by atoms with Crippen molar-refractivity contribution in [2.45, 2.75) is 12.5 Å². The molecule has 5 heteroatoms. The second-order valence-electron chi connectivity index (χ2n) is 4.68. The number of benzene rings is 1. The summed E-state index contributed by atoms with van der Waals surface area (Å²) >= 11 is 5.69. The average Bonchev–Trinajstić information content (AvgIpc) is 2.72. The summed E-state index contributed by atoms with van der Waals surface area (Å²) in [5, 5.41) is 0.0783. The van der Waals surface area contributed by atoms with Crippen molar-refractivity contribution in [2.75, 3.05) is 37.8 Å². The molecule has 1 aliphatic rings. The lowest BCUT2D eigenvalue weighted by Crippen LogP contribution is -2.31. The Balaban J connectivity index is 2.22. The van der Waals surface area contributed by atoms with Crippen molar-refractivity contribution >= 4 is 23.0 Å². The van der Waals surface area contributed by atoms with Gasteiger partial charge in [-0.2, -0.15) is 0 Å². The molecule has 1 heterocycles. The van der Waals surface area contributed by atoms with Gasteiger partial charge in [-0.05, 0) is 26.6 Å². The van der Waals surface area contributed by atoms with E-state index in [1.807, 2.05) is 0 Å². The predicted octanol–water partition coefficient (Wildman–Crippen LogP) is 2.20. The molecule has 2 rings (SSSR count). The lowest BCUT2D eigenvalue weighted by Gasteiger charge is -2.23. The molecule has 1 atom stereocenters. The van der Waals surface area contributed by atoms with Crippen molar-refractivity contribution in [3.63, 3.8) is 0 Å². The Labute approximate surface area is 106 Å². The van der Waals surface area contributed by atoms with Crippen LogP contribution in [0.15, 0.2) is 12.1 Å². The molecule has 1 saturated heterocycles. The van der Waals surface area contributed by atoms with Crippen LogP contribution in [0, 0.1) is 5.82 Å². The summed E-state index contributed by atoms with van der Waals surface area (Å²) in [6.45, 7) is 1.77. The first-order valence-corrected chi connectivity index (χ1v) is 6.02. The Morgan fingerprint density at radius 1 is 1.47 bits per heavy atom. The van der Waals surface area contributed by atoms with Crippen molar-refractivity contribution in [1.82, 2.24) is 4.90 Å². The van der Waals surface area contributed by atoms with E-state index < -0.39 is 5.82 Å². The molecule has 0 bridgehead atoms. The molecule has 17 heavy (non-hydrogen) atoms. The van der Waals surface area contributed by atoms with Crippen LogP contribution in [-0.4, -0.2) is 38.1 Å². The zero-order chi connectivity index (χ0) is 12.6. The summed E-state index contributed by atoms with van der Waals surface area (Å²) in [6.07, 6.45) is 1.07. The standard InChI is InChI=1S/C12H17ClFN3/c1-16(2)8-3-4-17(7-8)12-6-10(14)9(13)5-11(12)15/h5-6,8H,3-4,7,15H2,1-2H3. The quantitative estimate of drug-likeness (QED) is 0.825. The van der Waals surface area contributed by atoms with Crippen molar-refractivity contribution in [3.8, 4) is 0 Å². The molecule has 1 fully saturated rings. The minimum atomic E-state index is -0.413. The van der Waals surface area contributed by atoms with Crippen LogP contribution >= 0.6 is 11.6 Å². The summed E-state index contributed by atoms with van der Waals surface area (Å²) in [5.41, 5.74) is 7.17. The fourth-order valence-corrected chi connectivity index (χ4v) is 2.38. The van der Waals surface area contributed by atoms with Crippen molar-refractivity contribution < 1.29 is 4.39 Å². The first-order valence-electron chi connectivity index (χ1n) is 5.65. The van der Waals surface area contributed by atoms with E-state index in [1.165, 1.54) is 12.1 Å². The summed E-state index contributed by atoms with van der Waals surface area (Å²) < 4.78 is 13.4. The molecule has 1 unspecified atom stereocenters. The molecule has 0 spiro atoms. The Kier molecular flexibility index (Phi) is 3.45. The van der Waals surface area contributed by atoms with Gasteiger partial charge in [0.1, 0.15) is 5.82 Å². The van der Waals surface area contributed by atoms with E-state index in [0.29, 0.717) is 11.7 Å². The van der Waals surface area contributed by atoms with Gasteiger partial charge < -0.3 is 15.5 Å². The largest absolute Gasteiger partial charge is 0.397 e. The molecule has 0 saturated carbocycles. The van der Waals surface area contributed by atoms with Crippen molar-refractivity contribution in [2.24, 2.45) is 0 Å². The van der Waals surface area contributed by atoms with E-state index in [0.717, 1.165) is 25.2 Å². The molecular formula is C12H17ClFN3. The predicted molar refractivity (Wildman–Crippen MR) is 70.1 cm³/mol. The normalized spacial score (nSPS) is 20.3. The van der Waals surface area contributed by atoms with Crippen LogP contribution in [0.25, 0.3) is 0 Å². The highest BCUT2D eigenvalue weighted by Crippen LogP contribution is 2.31. The number of anilines is 2. The van der Waals surface area contributed by atoms with E-state index >= 15 is 0 Å². The van der Waals surface area contributed by atoms with Crippen molar-refractivity contribution in [1.29, 1.82) is 0 Å². The van der Waals surface area contributed by atoms with Crippen LogP contribution in [0.1, 0.15) is 6.42 Å². The maximum absolute atomic E-state index is 13.4. The summed E-state index contributed by atoms with van der Waals surface area (Å²) in [4.78, 5) is 4.29. The van der Waals surface area contributed by atoms with Crippen LogP contribution in [0.2, 0.25) is 5.02 Å². The van der Waals surface area contributed by atoms with E-state index in [1.54, 1.807) is 0 Å². The molecule has 1 aliphatic heterocycles. The molecule has 0 aromatic heterocycles. The van der Waals surface area contributed by atoms with Crippen molar-refractivity contribution in [3.05, 3.63) is 23.0 Å². The summed E-state index contributed by atoms with van der Waals surface area (Å²) in [5.74, 6) is -0.413. The topological polar surface area (TPSA) is 32.5 Å². The third-order valence-electron chi connectivity index (χ3n) is 3.30. The Bertz CT molecular complexity index is 422. The molecule has 0 amide bonds. The average molecular weight is 258 g/mol. The number of nitrogen functional groups attached to an aromatic ring is 1. The molecule has 0 aliphatic carbocycles. The lowest BCUT2D eigenvalue weighted by molar-refractivity contribution is 0.315. The maximum Gasteiger partial charge on any atom is 0.144 e. The Morgan fingerprint density at radius 2 is 2.18 bits per heavy atom. The van der Waals surface area contributed by atoms with Gasteiger partial charge in [0.15, 0.2) is 0 Å². The van der Waals surface area contributed by atoms with Crippen LogP contribution in [0.4, 0.5) is 15.8 Å². The van der Waals surface area contributed by atoms with Gasteiger partial charge in [0.05, 0.1) is 16.4 Å². The summed E-state index contributed by atoms with van der Waals surface area (Å²) in [7, 11) is 4.11. The fourth-order valence-electron chi connectivity index (χ4n) is 2.21. The number of nitrogens with two attached hydrogens (primary N) is 1. The van der Waals surface area contributed by atoms with Gasteiger partial charge in [-0.1, -0.05) is 11.6 Å². The Morgan fingerprint density at radius 3 is 2.76 bits per heavy atom. The lowest BCUT2D eigenvalue weighted by atomic mass is 10.2. The van der Waals surface area contributed by atoms with Crippen LogP contribution in [0.5, 0.6) is 0 Å². The summed E-state index contributed by atoms with van der Waals surface area (Å²) in [6, 6.07) is 3.40. The second kappa shape index (κ2) is 4.70. The van der Waals surface area contributed by atoms with Gasteiger partial charge in [-0.15, -0.1) is 0 Å². The third kappa shape index (κ3) is 2.48. The van der Waals surface area contributed by atoms with Crippen LogP contribution in [0.3, 0.4) is 0 Å². The molecule has 94 valence electrons. The van der Waals surface area contributed by atoms with Gasteiger partial charge in [-0.25, -0.2) is 4.39 Å². The second-order valence-corrected chi connectivity index (χ2v) is 5.08. The van der Waals surface area contributed by atoms with Gasteiger partial charge in [0, 0.05) is 25.2 Å².